The predicted molar refractivity (Wildman–Crippen MR) is 67.2 cm³/mol. The molecule has 0 aliphatic heterocycles. The highest BCUT2D eigenvalue weighted by molar-refractivity contribution is 7.98. The Bertz CT molecular complexity index is 250. The van der Waals surface area contributed by atoms with Crippen molar-refractivity contribution in [1.82, 2.24) is 10.6 Å². The predicted octanol–water partition coefficient (Wildman–Crippen LogP) is 0.120. The summed E-state index contributed by atoms with van der Waals surface area (Å²) in [6, 6.07) is -1.56. The van der Waals surface area contributed by atoms with Crippen molar-refractivity contribution in [2.75, 3.05) is 25.2 Å². The van der Waals surface area contributed by atoms with E-state index >= 15 is 0 Å². The molecule has 0 rings (SSSR count). The van der Waals surface area contributed by atoms with Gasteiger partial charge in [0.15, 0.2) is 0 Å². The molecule has 2 amide bonds. The molecule has 0 aromatic carbocycles. The molecule has 0 fully saturated rings. The number of carbonyl (C=O) groups is 2. The Morgan fingerprint density at radius 2 is 2.06 bits per heavy atom. The van der Waals surface area contributed by atoms with E-state index in [1.807, 2.05) is 13.2 Å². The summed E-state index contributed by atoms with van der Waals surface area (Å²) in [4.78, 5) is 22.1. The van der Waals surface area contributed by atoms with Gasteiger partial charge in [-0.05, 0) is 17.9 Å². The fourth-order valence-electron chi connectivity index (χ4n) is 1.21. The van der Waals surface area contributed by atoms with Crippen molar-refractivity contribution in [3.63, 3.8) is 0 Å². The quantitative estimate of drug-likeness (QED) is 0.499. The van der Waals surface area contributed by atoms with Gasteiger partial charge in [0.25, 0.3) is 0 Å². The third-order valence-corrected chi connectivity index (χ3v) is 2.99. The zero-order chi connectivity index (χ0) is 13.3. The third kappa shape index (κ3) is 7.87. The molecule has 0 spiro atoms. The number of hydrogen-bond donors (Lipinski definition) is 4. The molecule has 0 radical (unpaired) electrons. The molecule has 0 bridgehead atoms. The lowest BCUT2D eigenvalue weighted by molar-refractivity contribution is -0.139. The number of aliphatic hydroxyl groups is 1. The molecule has 7 heteroatoms. The standard InChI is InChI=1S/C10H20N2O4S/c1-7(6-17-2)5-11-10(16)12-8(3-4-13)9(14)15/h7-8,13H,3-6H2,1-2H3,(H,14,15)(H2,11,12,16)/t7?,8-/m1/s1. The number of carbonyl (C=O) groups excluding carboxylic acids is 1. The van der Waals surface area contributed by atoms with E-state index in [0.717, 1.165) is 5.75 Å². The Balaban J connectivity index is 3.93. The monoisotopic (exact) mass is 264 g/mol. The van der Waals surface area contributed by atoms with Gasteiger partial charge in [-0.3, -0.25) is 0 Å². The van der Waals surface area contributed by atoms with E-state index in [0.29, 0.717) is 12.5 Å². The second-order valence-corrected chi connectivity index (χ2v) is 4.73. The molecule has 2 atom stereocenters. The van der Waals surface area contributed by atoms with Crippen LogP contribution in [0.2, 0.25) is 0 Å². The second-order valence-electron chi connectivity index (χ2n) is 3.82. The normalized spacial score (nSPS) is 13.8. The first-order chi connectivity index (χ1) is 8.01. The summed E-state index contributed by atoms with van der Waals surface area (Å²) in [5.41, 5.74) is 0. The minimum Gasteiger partial charge on any atom is -0.480 e. The Kier molecular flexibility index (Phi) is 8.61. The maximum absolute atomic E-state index is 11.4. The first kappa shape index (κ1) is 16.1. The van der Waals surface area contributed by atoms with Crippen LogP contribution in [0.15, 0.2) is 0 Å². The summed E-state index contributed by atoms with van der Waals surface area (Å²) >= 11 is 1.69. The van der Waals surface area contributed by atoms with Gasteiger partial charge >= 0.3 is 12.0 Å². The number of aliphatic carboxylic acids is 1. The minimum absolute atomic E-state index is 0.00309. The molecule has 0 heterocycles. The van der Waals surface area contributed by atoms with E-state index in [1.165, 1.54) is 0 Å². The summed E-state index contributed by atoms with van der Waals surface area (Å²) in [6.07, 6.45) is 1.99. The van der Waals surface area contributed by atoms with Crippen molar-refractivity contribution in [2.45, 2.75) is 19.4 Å². The van der Waals surface area contributed by atoms with Gasteiger partial charge in [0.2, 0.25) is 0 Å². The van der Waals surface area contributed by atoms with E-state index in [2.05, 4.69) is 10.6 Å². The number of urea groups is 1. The lowest BCUT2D eigenvalue weighted by Crippen LogP contribution is -2.47. The number of amides is 2. The summed E-state index contributed by atoms with van der Waals surface area (Å²) in [5, 5.41) is 22.3. The Hall–Kier alpha value is -0.950. The van der Waals surface area contributed by atoms with Crippen LogP contribution in [0.5, 0.6) is 0 Å². The fourth-order valence-corrected chi connectivity index (χ4v) is 1.89. The van der Waals surface area contributed by atoms with Crippen LogP contribution in [0.25, 0.3) is 0 Å². The number of thioether (sulfide) groups is 1. The minimum atomic E-state index is -1.15. The molecule has 17 heavy (non-hydrogen) atoms. The van der Waals surface area contributed by atoms with Crippen LogP contribution in [-0.4, -0.2) is 53.4 Å². The maximum Gasteiger partial charge on any atom is 0.326 e. The van der Waals surface area contributed by atoms with Gasteiger partial charge in [0.05, 0.1) is 0 Å². The molecule has 0 aromatic heterocycles. The number of hydrogen-bond acceptors (Lipinski definition) is 4. The van der Waals surface area contributed by atoms with Gasteiger partial charge in [0.1, 0.15) is 6.04 Å². The summed E-state index contributed by atoms with van der Waals surface area (Å²) < 4.78 is 0. The van der Waals surface area contributed by atoms with Crippen LogP contribution >= 0.6 is 11.8 Å². The zero-order valence-corrected chi connectivity index (χ0v) is 10.9. The maximum atomic E-state index is 11.4. The molecule has 0 aromatic rings. The van der Waals surface area contributed by atoms with E-state index in [4.69, 9.17) is 10.2 Å². The van der Waals surface area contributed by atoms with Gasteiger partial charge in [-0.2, -0.15) is 11.8 Å². The molecule has 0 saturated heterocycles. The summed E-state index contributed by atoms with van der Waals surface area (Å²) in [6.45, 7) is 2.22. The fraction of sp³-hybridized carbons (Fsp3) is 0.800. The van der Waals surface area contributed by atoms with Crippen molar-refractivity contribution in [3.05, 3.63) is 0 Å². The number of rotatable bonds is 8. The lowest BCUT2D eigenvalue weighted by atomic mass is 10.2. The van der Waals surface area contributed by atoms with Gasteiger partial charge in [-0.25, -0.2) is 9.59 Å². The van der Waals surface area contributed by atoms with Crippen molar-refractivity contribution < 1.29 is 19.8 Å². The van der Waals surface area contributed by atoms with E-state index in [-0.39, 0.29) is 13.0 Å². The van der Waals surface area contributed by atoms with Crippen molar-refractivity contribution in [2.24, 2.45) is 5.92 Å². The van der Waals surface area contributed by atoms with E-state index in [9.17, 15) is 9.59 Å². The smallest absolute Gasteiger partial charge is 0.326 e. The molecule has 0 aliphatic carbocycles. The van der Waals surface area contributed by atoms with Gasteiger partial charge in [-0.1, -0.05) is 6.92 Å². The van der Waals surface area contributed by atoms with Gasteiger partial charge in [0, 0.05) is 19.6 Å². The Labute approximate surface area is 105 Å². The van der Waals surface area contributed by atoms with Crippen molar-refractivity contribution in [3.8, 4) is 0 Å². The van der Waals surface area contributed by atoms with Gasteiger partial charge in [-0.15, -0.1) is 0 Å². The highest BCUT2D eigenvalue weighted by Gasteiger charge is 2.19. The highest BCUT2D eigenvalue weighted by Crippen LogP contribution is 2.02. The molecule has 4 N–H and O–H groups in total. The summed E-state index contributed by atoms with van der Waals surface area (Å²) in [7, 11) is 0. The first-order valence-corrected chi connectivity index (χ1v) is 6.77. The molecule has 0 saturated carbocycles. The number of aliphatic hydroxyl groups excluding tert-OH is 1. The number of carboxylic acid groups (broad SMARTS) is 1. The van der Waals surface area contributed by atoms with Gasteiger partial charge < -0.3 is 20.8 Å². The van der Waals surface area contributed by atoms with Crippen LogP contribution < -0.4 is 10.6 Å². The van der Waals surface area contributed by atoms with Crippen molar-refractivity contribution in [1.29, 1.82) is 0 Å². The van der Waals surface area contributed by atoms with E-state index in [1.54, 1.807) is 11.8 Å². The topological polar surface area (TPSA) is 98.7 Å². The number of nitrogens with one attached hydrogen (secondary N) is 2. The van der Waals surface area contributed by atoms with Crippen LogP contribution in [0.1, 0.15) is 13.3 Å². The molecule has 100 valence electrons. The molecular formula is C10H20N2O4S. The molecule has 6 nitrogen and oxygen atoms in total. The Morgan fingerprint density at radius 1 is 1.41 bits per heavy atom. The van der Waals surface area contributed by atoms with Crippen molar-refractivity contribution >= 4 is 23.8 Å². The first-order valence-electron chi connectivity index (χ1n) is 5.38. The van der Waals surface area contributed by atoms with Crippen LogP contribution in [-0.2, 0) is 4.79 Å². The summed E-state index contributed by atoms with van der Waals surface area (Å²) in [5.74, 6) is 0.113. The second kappa shape index (κ2) is 9.12. The van der Waals surface area contributed by atoms with Crippen LogP contribution in [0.3, 0.4) is 0 Å². The largest absolute Gasteiger partial charge is 0.480 e. The molecule has 1 unspecified atom stereocenters. The van der Waals surface area contributed by atoms with E-state index < -0.39 is 18.0 Å². The highest BCUT2D eigenvalue weighted by atomic mass is 32.2. The average molecular weight is 264 g/mol. The lowest BCUT2D eigenvalue weighted by Gasteiger charge is -2.15. The third-order valence-electron chi connectivity index (χ3n) is 2.08. The molecular weight excluding hydrogens is 244 g/mol. The van der Waals surface area contributed by atoms with Crippen LogP contribution in [0, 0.1) is 5.92 Å². The SMILES string of the molecule is CSCC(C)CNC(=O)N[C@H](CCO)C(=O)O. The zero-order valence-electron chi connectivity index (χ0n) is 10.1. The average Bonchev–Trinajstić information content (AvgIpc) is 2.26. The Morgan fingerprint density at radius 3 is 2.53 bits per heavy atom. The molecule has 0 aliphatic rings. The number of carboxylic acids is 1. The van der Waals surface area contributed by atoms with Crippen LogP contribution in [0.4, 0.5) is 4.79 Å².